The monoisotopic (exact) mass is 358 g/mol. The Morgan fingerprint density at radius 3 is 2.76 bits per heavy atom. The van der Waals surface area contributed by atoms with Crippen LogP contribution in [0.5, 0.6) is 5.75 Å². The molecule has 0 bridgehead atoms. The van der Waals surface area contributed by atoms with Crippen molar-refractivity contribution in [3.05, 3.63) is 59.1 Å². The highest BCUT2D eigenvalue weighted by Gasteiger charge is 2.29. The molecule has 1 aliphatic rings. The highest BCUT2D eigenvalue weighted by Crippen LogP contribution is 2.37. The van der Waals surface area contributed by atoms with Crippen LogP contribution in [0.3, 0.4) is 0 Å². The Morgan fingerprint density at radius 2 is 2.04 bits per heavy atom. The summed E-state index contributed by atoms with van der Waals surface area (Å²) in [6.45, 7) is 5.11. The van der Waals surface area contributed by atoms with Crippen LogP contribution in [0.2, 0.25) is 5.02 Å². The first kappa shape index (κ1) is 17.6. The zero-order valence-corrected chi connectivity index (χ0v) is 15.3. The third-order valence-electron chi connectivity index (χ3n) is 4.17. The predicted octanol–water partition coefficient (Wildman–Crippen LogP) is 4.02. The van der Waals surface area contributed by atoms with E-state index in [1.54, 1.807) is 0 Å². The predicted molar refractivity (Wildman–Crippen MR) is 101 cm³/mol. The van der Waals surface area contributed by atoms with E-state index in [2.05, 4.69) is 22.3 Å². The van der Waals surface area contributed by atoms with Crippen molar-refractivity contribution >= 4 is 23.2 Å². The molecule has 1 aliphatic heterocycles. The summed E-state index contributed by atoms with van der Waals surface area (Å²) in [5.74, 6) is 0.841. The standard InChI is InChI=1S/C20H23ClN2O2/c1-14(2)22-20(24)11-17-13-25-19-9-8-16(21)10-18(19)23(17)12-15-6-4-3-5-7-15/h3-10,14,17H,11-13H2,1-2H3,(H,22,24)/t17-/m1/s1. The van der Waals surface area contributed by atoms with Gasteiger partial charge in [0.1, 0.15) is 12.4 Å². The molecule has 1 atom stereocenters. The molecule has 0 saturated carbocycles. The minimum atomic E-state index is -0.0371. The second kappa shape index (κ2) is 7.79. The molecule has 25 heavy (non-hydrogen) atoms. The van der Waals surface area contributed by atoms with Crippen molar-refractivity contribution in [3.8, 4) is 5.75 Å². The molecule has 2 aromatic carbocycles. The van der Waals surface area contributed by atoms with Crippen molar-refractivity contribution in [2.75, 3.05) is 11.5 Å². The highest BCUT2D eigenvalue weighted by molar-refractivity contribution is 6.31. The van der Waals surface area contributed by atoms with Gasteiger partial charge in [0.25, 0.3) is 0 Å². The normalized spacial score (nSPS) is 16.3. The maximum Gasteiger partial charge on any atom is 0.222 e. The van der Waals surface area contributed by atoms with Gasteiger partial charge in [-0.25, -0.2) is 0 Å². The van der Waals surface area contributed by atoms with Crippen molar-refractivity contribution in [1.29, 1.82) is 0 Å². The second-order valence-corrected chi connectivity index (χ2v) is 7.05. The van der Waals surface area contributed by atoms with Gasteiger partial charge in [-0.1, -0.05) is 41.9 Å². The van der Waals surface area contributed by atoms with Gasteiger partial charge in [0.15, 0.2) is 0 Å². The van der Waals surface area contributed by atoms with Gasteiger partial charge in [-0.2, -0.15) is 0 Å². The number of ether oxygens (including phenoxy) is 1. The summed E-state index contributed by atoms with van der Waals surface area (Å²) in [5.41, 5.74) is 2.12. The van der Waals surface area contributed by atoms with Gasteiger partial charge < -0.3 is 15.0 Å². The first-order valence-electron chi connectivity index (χ1n) is 8.55. The van der Waals surface area contributed by atoms with E-state index in [0.29, 0.717) is 24.6 Å². The average Bonchev–Trinajstić information content (AvgIpc) is 2.57. The number of carbonyl (C=O) groups excluding carboxylic acids is 1. The van der Waals surface area contributed by atoms with Crippen molar-refractivity contribution in [2.24, 2.45) is 0 Å². The second-order valence-electron chi connectivity index (χ2n) is 6.62. The summed E-state index contributed by atoms with van der Waals surface area (Å²) in [7, 11) is 0. The molecule has 0 saturated heterocycles. The number of rotatable bonds is 5. The van der Waals surface area contributed by atoms with Crippen LogP contribution in [-0.2, 0) is 11.3 Å². The van der Waals surface area contributed by atoms with Crippen LogP contribution in [0.1, 0.15) is 25.8 Å². The number of hydrogen-bond acceptors (Lipinski definition) is 3. The molecule has 0 aromatic heterocycles. The van der Waals surface area contributed by atoms with Gasteiger partial charge in [-0.15, -0.1) is 0 Å². The van der Waals surface area contributed by atoms with Gasteiger partial charge in [0, 0.05) is 17.6 Å². The molecule has 0 unspecified atom stereocenters. The molecular formula is C20H23ClN2O2. The Bertz CT molecular complexity index is 734. The molecule has 132 valence electrons. The van der Waals surface area contributed by atoms with Gasteiger partial charge in [-0.3, -0.25) is 4.79 Å². The third kappa shape index (κ3) is 4.45. The number of nitrogens with zero attached hydrogens (tertiary/aromatic N) is 1. The maximum atomic E-state index is 12.3. The lowest BCUT2D eigenvalue weighted by molar-refractivity contribution is -0.122. The number of fused-ring (bicyclic) bond motifs is 1. The Morgan fingerprint density at radius 1 is 1.28 bits per heavy atom. The third-order valence-corrected chi connectivity index (χ3v) is 4.40. The number of anilines is 1. The molecule has 0 fully saturated rings. The molecule has 0 aliphatic carbocycles. The highest BCUT2D eigenvalue weighted by atomic mass is 35.5. The van der Waals surface area contributed by atoms with Crippen molar-refractivity contribution in [1.82, 2.24) is 5.32 Å². The molecule has 1 amide bonds. The topological polar surface area (TPSA) is 41.6 Å². The van der Waals surface area contributed by atoms with Gasteiger partial charge in [0.05, 0.1) is 18.2 Å². The van der Waals surface area contributed by atoms with Crippen LogP contribution in [-0.4, -0.2) is 24.6 Å². The van der Waals surface area contributed by atoms with Gasteiger partial charge in [0.2, 0.25) is 5.91 Å². The lowest BCUT2D eigenvalue weighted by Gasteiger charge is -2.38. The molecule has 5 heteroatoms. The smallest absolute Gasteiger partial charge is 0.222 e. The van der Waals surface area contributed by atoms with Crippen LogP contribution < -0.4 is 15.0 Å². The zero-order chi connectivity index (χ0) is 17.8. The summed E-state index contributed by atoms with van der Waals surface area (Å²) >= 11 is 6.21. The first-order chi connectivity index (χ1) is 12.0. The summed E-state index contributed by atoms with van der Waals surface area (Å²) < 4.78 is 5.88. The van der Waals surface area contributed by atoms with Crippen LogP contribution in [0.4, 0.5) is 5.69 Å². The number of hydrogen-bond donors (Lipinski definition) is 1. The summed E-state index contributed by atoms with van der Waals surface area (Å²) in [6, 6.07) is 15.9. The average molecular weight is 359 g/mol. The van der Waals surface area contributed by atoms with Crippen LogP contribution in [0.25, 0.3) is 0 Å². The Balaban J connectivity index is 1.87. The zero-order valence-electron chi connectivity index (χ0n) is 14.5. The minimum Gasteiger partial charge on any atom is -0.489 e. The van der Waals surface area contributed by atoms with E-state index in [-0.39, 0.29) is 18.0 Å². The Kier molecular flexibility index (Phi) is 5.49. The molecule has 3 rings (SSSR count). The van der Waals surface area contributed by atoms with E-state index >= 15 is 0 Å². The fraction of sp³-hybridized carbons (Fsp3) is 0.350. The van der Waals surface area contributed by atoms with E-state index in [9.17, 15) is 4.79 Å². The van der Waals surface area contributed by atoms with Crippen molar-refractivity contribution < 1.29 is 9.53 Å². The van der Waals surface area contributed by atoms with Gasteiger partial charge in [-0.05, 0) is 37.6 Å². The summed E-state index contributed by atoms with van der Waals surface area (Å²) in [6.07, 6.45) is 0.386. The number of halogens is 1. The SMILES string of the molecule is CC(C)NC(=O)C[C@@H]1COc2ccc(Cl)cc2N1Cc1ccccc1. The van der Waals surface area contributed by atoms with E-state index in [1.165, 1.54) is 5.56 Å². The van der Waals surface area contributed by atoms with Crippen LogP contribution >= 0.6 is 11.6 Å². The Hall–Kier alpha value is -2.20. The quantitative estimate of drug-likeness (QED) is 0.877. The molecule has 4 nitrogen and oxygen atoms in total. The molecule has 1 N–H and O–H groups in total. The van der Waals surface area contributed by atoms with Crippen molar-refractivity contribution in [3.63, 3.8) is 0 Å². The Labute approximate surface area is 153 Å². The molecule has 0 spiro atoms. The minimum absolute atomic E-state index is 0.0344. The van der Waals surface area contributed by atoms with Crippen molar-refractivity contribution in [2.45, 2.75) is 38.9 Å². The maximum absolute atomic E-state index is 12.3. The number of benzene rings is 2. The summed E-state index contributed by atoms with van der Waals surface area (Å²) in [4.78, 5) is 14.5. The van der Waals surface area contributed by atoms with Gasteiger partial charge >= 0.3 is 0 Å². The van der Waals surface area contributed by atoms with Crippen LogP contribution in [0.15, 0.2) is 48.5 Å². The first-order valence-corrected chi connectivity index (χ1v) is 8.93. The molecular weight excluding hydrogens is 336 g/mol. The fourth-order valence-corrected chi connectivity index (χ4v) is 3.23. The lowest BCUT2D eigenvalue weighted by atomic mass is 10.1. The lowest BCUT2D eigenvalue weighted by Crippen LogP contribution is -2.46. The van der Waals surface area contributed by atoms with Crippen LogP contribution in [0, 0.1) is 0 Å². The number of nitrogens with one attached hydrogen (secondary N) is 1. The molecule has 1 heterocycles. The number of amides is 1. The van der Waals surface area contributed by atoms with E-state index < -0.39 is 0 Å². The number of carbonyl (C=O) groups is 1. The van der Waals surface area contributed by atoms with E-state index in [1.807, 2.05) is 50.2 Å². The largest absolute Gasteiger partial charge is 0.489 e. The molecule has 0 radical (unpaired) electrons. The fourth-order valence-electron chi connectivity index (χ4n) is 3.07. The summed E-state index contributed by atoms with van der Waals surface area (Å²) in [5, 5.41) is 3.62. The molecule has 2 aromatic rings. The van der Waals surface area contributed by atoms with E-state index in [4.69, 9.17) is 16.3 Å². The van der Waals surface area contributed by atoms with E-state index in [0.717, 1.165) is 11.4 Å².